The number of nitrogens with zero attached hydrogens (tertiary/aromatic N) is 3. The number of aromatic nitrogens is 3. The van der Waals surface area contributed by atoms with Gasteiger partial charge in [0.25, 0.3) is 0 Å². The molecule has 0 unspecified atom stereocenters. The van der Waals surface area contributed by atoms with Gasteiger partial charge < -0.3 is 10.3 Å². The van der Waals surface area contributed by atoms with Gasteiger partial charge in [0.2, 0.25) is 0 Å². The summed E-state index contributed by atoms with van der Waals surface area (Å²) in [5.74, 6) is -2.17. The third kappa shape index (κ3) is 4.21. The molecule has 0 bridgehead atoms. The number of benzene rings is 1. The average molecular weight is 388 g/mol. The number of pyridine rings is 1. The second kappa shape index (κ2) is 7.18. The molecule has 2 aromatic heterocycles. The molecule has 10 heteroatoms. The molecule has 0 aliphatic carbocycles. The van der Waals surface area contributed by atoms with Crippen LogP contribution in [0.1, 0.15) is 17.9 Å². The van der Waals surface area contributed by atoms with Crippen molar-refractivity contribution in [2.75, 3.05) is 0 Å². The molecule has 2 N–H and O–H groups in total. The Hall–Kier alpha value is -2.62. The summed E-state index contributed by atoms with van der Waals surface area (Å²) < 4.78 is 75.5. The molecule has 1 aromatic carbocycles. The minimum Gasteiger partial charge on any atom is -0.326 e. The number of aryl methyl sites for hydroxylation is 1. The van der Waals surface area contributed by atoms with E-state index in [2.05, 4.69) is 9.97 Å². The maximum absolute atomic E-state index is 12.6. The van der Waals surface area contributed by atoms with Gasteiger partial charge in [0.05, 0.1) is 11.7 Å². The van der Waals surface area contributed by atoms with Crippen molar-refractivity contribution in [3.05, 3.63) is 59.4 Å². The fourth-order valence-electron chi connectivity index (χ4n) is 2.74. The van der Waals surface area contributed by atoms with E-state index in [9.17, 15) is 26.3 Å². The number of fused-ring (bicyclic) bond motifs is 3. The lowest BCUT2D eigenvalue weighted by Crippen LogP contribution is -2.31. The summed E-state index contributed by atoms with van der Waals surface area (Å²) in [7, 11) is 0. The van der Waals surface area contributed by atoms with Gasteiger partial charge in [-0.05, 0) is 24.6 Å². The molecule has 0 saturated carbocycles. The molecule has 27 heavy (non-hydrogen) atoms. The van der Waals surface area contributed by atoms with Gasteiger partial charge in [0, 0.05) is 25.1 Å². The molecule has 3 heterocycles. The zero-order chi connectivity index (χ0) is 19.8. The Morgan fingerprint density at radius 3 is 2.44 bits per heavy atom. The van der Waals surface area contributed by atoms with Gasteiger partial charge in [0.1, 0.15) is 22.9 Å². The zero-order valence-corrected chi connectivity index (χ0v) is 13.8. The van der Waals surface area contributed by atoms with Crippen LogP contribution in [-0.4, -0.2) is 20.6 Å². The van der Waals surface area contributed by atoms with Crippen LogP contribution >= 0.6 is 0 Å². The largest absolute Gasteiger partial charge is 0.433 e. The predicted molar refractivity (Wildman–Crippen MR) is 85.1 cm³/mol. The van der Waals surface area contributed by atoms with Crippen molar-refractivity contribution in [2.45, 2.75) is 31.6 Å². The van der Waals surface area contributed by atoms with Crippen molar-refractivity contribution >= 4 is 11.0 Å². The molecule has 4 rings (SSSR count). The highest BCUT2D eigenvalue weighted by molar-refractivity contribution is 5.75. The van der Waals surface area contributed by atoms with Crippen molar-refractivity contribution in [3.8, 4) is 0 Å². The van der Waals surface area contributed by atoms with Crippen LogP contribution in [-0.2, 0) is 19.1 Å². The van der Waals surface area contributed by atoms with Crippen LogP contribution in [0, 0.1) is 17.5 Å². The highest BCUT2D eigenvalue weighted by atomic mass is 19.4. The second-order valence-electron chi connectivity index (χ2n) is 6.05. The van der Waals surface area contributed by atoms with E-state index in [1.54, 1.807) is 4.57 Å². The van der Waals surface area contributed by atoms with E-state index < -0.39 is 29.3 Å². The number of alkyl halides is 3. The van der Waals surface area contributed by atoms with Crippen LogP contribution in [0.15, 0.2) is 30.5 Å². The first-order chi connectivity index (χ1) is 12.6. The van der Waals surface area contributed by atoms with E-state index in [4.69, 9.17) is 5.73 Å². The maximum Gasteiger partial charge on any atom is 0.433 e. The summed E-state index contributed by atoms with van der Waals surface area (Å²) in [6.07, 6.45) is -1.76. The lowest BCUT2D eigenvalue weighted by molar-refractivity contribution is -0.141. The monoisotopic (exact) mass is 388 g/mol. The normalized spacial score (nSPS) is 16.6. The first kappa shape index (κ1) is 19.2. The SMILES string of the molecule is Fc1ccc(F)c(F)c1.N[C@@H]1CCc2nc3cnc(C(F)(F)F)cc3n2C1. The Morgan fingerprint density at radius 2 is 1.81 bits per heavy atom. The quantitative estimate of drug-likeness (QED) is 0.471. The molecular formula is C17H14F6N4. The molecule has 4 nitrogen and oxygen atoms in total. The Morgan fingerprint density at radius 1 is 1.07 bits per heavy atom. The Balaban J connectivity index is 0.000000197. The van der Waals surface area contributed by atoms with E-state index in [0.29, 0.717) is 30.1 Å². The number of halogens is 6. The minimum atomic E-state index is -4.43. The van der Waals surface area contributed by atoms with Crippen LogP contribution in [0.2, 0.25) is 0 Å². The van der Waals surface area contributed by atoms with E-state index in [-0.39, 0.29) is 6.04 Å². The van der Waals surface area contributed by atoms with E-state index >= 15 is 0 Å². The van der Waals surface area contributed by atoms with Gasteiger partial charge in [-0.3, -0.25) is 0 Å². The van der Waals surface area contributed by atoms with Crippen molar-refractivity contribution in [1.82, 2.24) is 14.5 Å². The van der Waals surface area contributed by atoms with E-state index in [0.717, 1.165) is 30.4 Å². The molecule has 144 valence electrons. The van der Waals surface area contributed by atoms with Crippen LogP contribution in [0.5, 0.6) is 0 Å². The fraction of sp³-hybridized carbons (Fsp3) is 0.294. The summed E-state index contributed by atoms with van der Waals surface area (Å²) in [6, 6.07) is 3.11. The minimum absolute atomic E-state index is 0.0302. The van der Waals surface area contributed by atoms with Crippen molar-refractivity contribution in [2.24, 2.45) is 5.73 Å². The molecule has 1 aliphatic rings. The summed E-state index contributed by atoms with van der Waals surface area (Å²) in [5, 5.41) is 0. The summed E-state index contributed by atoms with van der Waals surface area (Å²) >= 11 is 0. The van der Waals surface area contributed by atoms with Gasteiger partial charge in [-0.25, -0.2) is 23.1 Å². The first-order valence-corrected chi connectivity index (χ1v) is 7.93. The van der Waals surface area contributed by atoms with Gasteiger partial charge in [-0.1, -0.05) is 0 Å². The molecule has 1 aliphatic heterocycles. The Labute approximate surface area is 149 Å². The first-order valence-electron chi connectivity index (χ1n) is 7.93. The predicted octanol–water partition coefficient (Wildman–Crippen LogP) is 3.83. The lowest BCUT2D eigenvalue weighted by Gasteiger charge is -2.20. The highest BCUT2D eigenvalue weighted by Crippen LogP contribution is 2.30. The Kier molecular flexibility index (Phi) is 5.09. The maximum atomic E-state index is 12.6. The van der Waals surface area contributed by atoms with Gasteiger partial charge in [-0.2, -0.15) is 13.2 Å². The number of hydrogen-bond acceptors (Lipinski definition) is 3. The molecule has 1 atom stereocenters. The number of nitrogens with two attached hydrogens (primary N) is 1. The van der Waals surface area contributed by atoms with Crippen LogP contribution < -0.4 is 5.73 Å². The molecule has 3 aromatic rings. The number of hydrogen-bond donors (Lipinski definition) is 1. The third-order valence-electron chi connectivity index (χ3n) is 4.04. The number of imidazole rings is 1. The molecule has 0 saturated heterocycles. The van der Waals surface area contributed by atoms with Crippen molar-refractivity contribution in [1.29, 1.82) is 0 Å². The smallest absolute Gasteiger partial charge is 0.326 e. The topological polar surface area (TPSA) is 56.7 Å². The molecule has 0 radical (unpaired) electrons. The molecular weight excluding hydrogens is 374 g/mol. The van der Waals surface area contributed by atoms with Crippen molar-refractivity contribution in [3.63, 3.8) is 0 Å². The fourth-order valence-corrected chi connectivity index (χ4v) is 2.74. The van der Waals surface area contributed by atoms with Gasteiger partial charge in [0.15, 0.2) is 11.6 Å². The third-order valence-corrected chi connectivity index (χ3v) is 4.04. The summed E-state index contributed by atoms with van der Waals surface area (Å²) in [6.45, 7) is 0.507. The molecule has 0 fully saturated rings. The average Bonchev–Trinajstić information content (AvgIpc) is 2.95. The summed E-state index contributed by atoms with van der Waals surface area (Å²) in [5.41, 5.74) is 5.90. The van der Waals surface area contributed by atoms with Gasteiger partial charge in [-0.15, -0.1) is 0 Å². The van der Waals surface area contributed by atoms with Crippen molar-refractivity contribution < 1.29 is 26.3 Å². The van der Waals surface area contributed by atoms with Crippen LogP contribution in [0.25, 0.3) is 11.0 Å². The van der Waals surface area contributed by atoms with Gasteiger partial charge >= 0.3 is 6.18 Å². The number of rotatable bonds is 0. The lowest BCUT2D eigenvalue weighted by atomic mass is 10.1. The second-order valence-corrected chi connectivity index (χ2v) is 6.05. The standard InChI is InChI=1S/C11H11F3N4.C6H3F3/c12-11(13,14)9-3-8-7(4-16-9)17-10-2-1-6(15)5-18(8)10;7-4-1-2-5(8)6(9)3-4/h3-4,6H,1-2,5,15H2;1-3H/t6-;/m1./s1. The molecule has 0 spiro atoms. The van der Waals surface area contributed by atoms with E-state index in [1.807, 2.05) is 0 Å². The molecule has 0 amide bonds. The summed E-state index contributed by atoms with van der Waals surface area (Å²) in [4.78, 5) is 7.70. The van der Waals surface area contributed by atoms with E-state index in [1.165, 1.54) is 6.20 Å². The zero-order valence-electron chi connectivity index (χ0n) is 13.8. The highest BCUT2D eigenvalue weighted by Gasteiger charge is 2.33. The van der Waals surface area contributed by atoms with Crippen LogP contribution in [0.3, 0.4) is 0 Å². The Bertz CT molecular complexity index is 966. The van der Waals surface area contributed by atoms with Crippen LogP contribution in [0.4, 0.5) is 26.3 Å².